The maximum atomic E-state index is 13.0. The summed E-state index contributed by atoms with van der Waals surface area (Å²) in [4.78, 5) is 10.7. The molecule has 5 heteroatoms. The van der Waals surface area contributed by atoms with Crippen LogP contribution in [0.5, 0.6) is 0 Å². The Bertz CT molecular complexity index is 594. The van der Waals surface area contributed by atoms with Crippen LogP contribution in [0.25, 0.3) is 0 Å². The Morgan fingerprint density at radius 2 is 2.20 bits per heavy atom. The van der Waals surface area contributed by atoms with Crippen molar-refractivity contribution in [3.05, 3.63) is 59.3 Å². The van der Waals surface area contributed by atoms with Gasteiger partial charge in [-0.15, -0.1) is 0 Å². The summed E-state index contributed by atoms with van der Waals surface area (Å²) in [6.45, 7) is 2.53. The molecule has 106 valence electrons. The predicted octanol–water partition coefficient (Wildman–Crippen LogP) is 3.01. The molecule has 0 aliphatic rings. The molecule has 0 saturated heterocycles. The van der Waals surface area contributed by atoms with E-state index in [2.05, 4.69) is 5.32 Å². The lowest BCUT2D eigenvalue weighted by Crippen LogP contribution is -2.21. The Hall–Kier alpha value is -2.14. The maximum absolute atomic E-state index is 13.0. The van der Waals surface area contributed by atoms with Crippen LogP contribution in [0.15, 0.2) is 40.8 Å². The molecule has 0 saturated carbocycles. The zero-order valence-electron chi connectivity index (χ0n) is 11.1. The van der Waals surface area contributed by atoms with Crippen LogP contribution in [0, 0.1) is 5.82 Å². The molecule has 0 fully saturated rings. The van der Waals surface area contributed by atoms with E-state index in [0.717, 1.165) is 5.56 Å². The van der Waals surface area contributed by atoms with Crippen LogP contribution >= 0.6 is 0 Å². The van der Waals surface area contributed by atoms with Crippen LogP contribution in [-0.4, -0.2) is 17.6 Å². The van der Waals surface area contributed by atoms with Gasteiger partial charge in [0.2, 0.25) is 5.76 Å². The second-order valence-corrected chi connectivity index (χ2v) is 4.56. The smallest absolute Gasteiger partial charge is 0.371 e. The highest BCUT2D eigenvalue weighted by Crippen LogP contribution is 2.16. The molecule has 1 atom stereocenters. The van der Waals surface area contributed by atoms with Gasteiger partial charge in [0, 0.05) is 0 Å². The fourth-order valence-corrected chi connectivity index (χ4v) is 1.93. The standard InChI is InChI=1S/C15H16FNO3/c1-10(13-5-6-14(20-13)15(18)19)17-8-7-11-3-2-4-12(16)9-11/h2-6,9-10,17H,7-8H2,1H3,(H,18,19). The van der Waals surface area contributed by atoms with Crippen molar-refractivity contribution >= 4 is 5.97 Å². The molecule has 0 bridgehead atoms. The number of carboxylic acid groups (broad SMARTS) is 1. The van der Waals surface area contributed by atoms with Crippen molar-refractivity contribution < 1.29 is 18.7 Å². The molecular formula is C15H16FNO3. The Morgan fingerprint density at radius 1 is 1.40 bits per heavy atom. The molecule has 2 aromatic rings. The van der Waals surface area contributed by atoms with Gasteiger partial charge in [0.1, 0.15) is 11.6 Å². The van der Waals surface area contributed by atoms with E-state index in [4.69, 9.17) is 9.52 Å². The van der Waals surface area contributed by atoms with Crippen LogP contribution in [0.4, 0.5) is 4.39 Å². The first-order chi connectivity index (χ1) is 9.56. The zero-order valence-corrected chi connectivity index (χ0v) is 11.1. The summed E-state index contributed by atoms with van der Waals surface area (Å²) in [5.74, 6) is -0.823. The van der Waals surface area contributed by atoms with Crippen LogP contribution in [0.3, 0.4) is 0 Å². The number of halogens is 1. The number of carbonyl (C=O) groups is 1. The van der Waals surface area contributed by atoms with Crippen molar-refractivity contribution in [2.75, 3.05) is 6.54 Å². The highest BCUT2D eigenvalue weighted by Gasteiger charge is 2.13. The summed E-state index contributed by atoms with van der Waals surface area (Å²) in [5, 5.41) is 12.0. The van der Waals surface area contributed by atoms with Gasteiger partial charge in [-0.25, -0.2) is 9.18 Å². The van der Waals surface area contributed by atoms with Crippen LogP contribution in [-0.2, 0) is 6.42 Å². The number of hydrogen-bond acceptors (Lipinski definition) is 3. The number of rotatable bonds is 6. The van der Waals surface area contributed by atoms with E-state index in [1.54, 1.807) is 12.1 Å². The molecule has 0 radical (unpaired) electrons. The van der Waals surface area contributed by atoms with Gasteiger partial charge >= 0.3 is 5.97 Å². The van der Waals surface area contributed by atoms with Gasteiger partial charge in [-0.2, -0.15) is 0 Å². The first-order valence-corrected chi connectivity index (χ1v) is 6.37. The highest BCUT2D eigenvalue weighted by molar-refractivity contribution is 5.84. The van der Waals surface area contributed by atoms with E-state index >= 15 is 0 Å². The lowest BCUT2D eigenvalue weighted by molar-refractivity contribution is 0.0659. The third-order valence-electron chi connectivity index (χ3n) is 3.02. The molecule has 0 spiro atoms. The molecule has 0 aliphatic carbocycles. The Balaban J connectivity index is 1.85. The van der Waals surface area contributed by atoms with Crippen molar-refractivity contribution in [3.63, 3.8) is 0 Å². The van der Waals surface area contributed by atoms with E-state index in [-0.39, 0.29) is 17.6 Å². The average molecular weight is 277 g/mol. The maximum Gasteiger partial charge on any atom is 0.371 e. The molecule has 1 aromatic heterocycles. The van der Waals surface area contributed by atoms with Gasteiger partial charge in [0.25, 0.3) is 0 Å². The zero-order chi connectivity index (χ0) is 14.5. The summed E-state index contributed by atoms with van der Waals surface area (Å²) in [6.07, 6.45) is 0.689. The highest BCUT2D eigenvalue weighted by atomic mass is 19.1. The molecule has 2 rings (SSSR count). The summed E-state index contributed by atoms with van der Waals surface area (Å²) >= 11 is 0. The summed E-state index contributed by atoms with van der Waals surface area (Å²) in [6, 6.07) is 9.44. The number of furan rings is 1. The quantitative estimate of drug-likeness (QED) is 0.852. The summed E-state index contributed by atoms with van der Waals surface area (Å²) in [5.41, 5.74) is 0.912. The fraction of sp³-hybridized carbons (Fsp3) is 0.267. The van der Waals surface area contributed by atoms with Crippen LogP contribution in [0.1, 0.15) is 34.8 Å². The molecule has 1 aromatic carbocycles. The van der Waals surface area contributed by atoms with Gasteiger partial charge in [0.15, 0.2) is 0 Å². The van der Waals surface area contributed by atoms with E-state index < -0.39 is 5.97 Å². The van der Waals surface area contributed by atoms with Gasteiger partial charge < -0.3 is 14.8 Å². The van der Waals surface area contributed by atoms with E-state index in [1.807, 2.05) is 13.0 Å². The molecule has 1 unspecified atom stereocenters. The van der Waals surface area contributed by atoms with Gasteiger partial charge in [0.05, 0.1) is 6.04 Å². The fourth-order valence-electron chi connectivity index (χ4n) is 1.93. The number of benzene rings is 1. The van der Waals surface area contributed by atoms with Crippen LogP contribution in [0.2, 0.25) is 0 Å². The van der Waals surface area contributed by atoms with Crippen molar-refractivity contribution in [1.29, 1.82) is 0 Å². The Morgan fingerprint density at radius 3 is 2.85 bits per heavy atom. The molecular weight excluding hydrogens is 261 g/mol. The van der Waals surface area contributed by atoms with Crippen molar-refractivity contribution in [2.24, 2.45) is 0 Å². The van der Waals surface area contributed by atoms with E-state index in [1.165, 1.54) is 18.2 Å². The SMILES string of the molecule is CC(NCCc1cccc(F)c1)c1ccc(C(=O)O)o1. The second kappa shape index (κ2) is 6.34. The lowest BCUT2D eigenvalue weighted by Gasteiger charge is -2.11. The first-order valence-electron chi connectivity index (χ1n) is 6.37. The topological polar surface area (TPSA) is 62.5 Å². The van der Waals surface area contributed by atoms with Crippen molar-refractivity contribution in [2.45, 2.75) is 19.4 Å². The largest absolute Gasteiger partial charge is 0.475 e. The number of hydrogen-bond donors (Lipinski definition) is 2. The molecule has 2 N–H and O–H groups in total. The monoisotopic (exact) mass is 277 g/mol. The van der Waals surface area contributed by atoms with Crippen molar-refractivity contribution in [3.8, 4) is 0 Å². The van der Waals surface area contributed by atoms with Gasteiger partial charge in [-0.3, -0.25) is 0 Å². The second-order valence-electron chi connectivity index (χ2n) is 4.56. The average Bonchev–Trinajstić information content (AvgIpc) is 2.88. The van der Waals surface area contributed by atoms with Gasteiger partial charge in [-0.05, 0) is 49.7 Å². The third kappa shape index (κ3) is 3.68. The molecule has 1 heterocycles. The lowest BCUT2D eigenvalue weighted by atomic mass is 10.1. The molecule has 0 aliphatic heterocycles. The minimum absolute atomic E-state index is 0.0706. The van der Waals surface area contributed by atoms with E-state index in [0.29, 0.717) is 18.7 Å². The van der Waals surface area contributed by atoms with Gasteiger partial charge in [-0.1, -0.05) is 12.1 Å². The molecule has 0 amide bonds. The van der Waals surface area contributed by atoms with Crippen molar-refractivity contribution in [1.82, 2.24) is 5.32 Å². The summed E-state index contributed by atoms with van der Waals surface area (Å²) < 4.78 is 18.2. The molecule has 4 nitrogen and oxygen atoms in total. The normalized spacial score (nSPS) is 12.3. The Kier molecular flexibility index (Phi) is 4.53. The third-order valence-corrected chi connectivity index (χ3v) is 3.02. The molecule has 20 heavy (non-hydrogen) atoms. The first kappa shape index (κ1) is 14.3. The number of carboxylic acids is 1. The van der Waals surface area contributed by atoms with E-state index in [9.17, 15) is 9.18 Å². The minimum atomic E-state index is -1.08. The summed E-state index contributed by atoms with van der Waals surface area (Å²) in [7, 11) is 0. The number of aromatic carboxylic acids is 1. The van der Waals surface area contributed by atoms with Crippen LogP contribution < -0.4 is 5.32 Å². The predicted molar refractivity (Wildman–Crippen MR) is 72.2 cm³/mol. The Labute approximate surface area is 116 Å². The number of nitrogens with one attached hydrogen (secondary N) is 1. The minimum Gasteiger partial charge on any atom is -0.475 e.